The summed E-state index contributed by atoms with van der Waals surface area (Å²) < 4.78 is 33.4. The highest BCUT2D eigenvalue weighted by Gasteiger charge is 2.15. The first kappa shape index (κ1) is 22.5. The van der Waals surface area contributed by atoms with Crippen LogP contribution in [0.1, 0.15) is 10.4 Å². The number of aromatic nitrogens is 1. The summed E-state index contributed by atoms with van der Waals surface area (Å²) in [6.07, 6.45) is 3.14. The van der Waals surface area contributed by atoms with Crippen LogP contribution in [0.5, 0.6) is 5.75 Å². The van der Waals surface area contributed by atoms with E-state index in [4.69, 9.17) is 4.74 Å². The zero-order valence-corrected chi connectivity index (χ0v) is 18.8. The van der Waals surface area contributed by atoms with E-state index in [1.54, 1.807) is 60.8 Å². The minimum Gasteiger partial charge on any atom is -0.484 e. The van der Waals surface area contributed by atoms with Crippen LogP contribution in [0, 0.1) is 0 Å². The van der Waals surface area contributed by atoms with Gasteiger partial charge in [0.2, 0.25) is 0 Å². The Bertz CT molecular complexity index is 1290. The van der Waals surface area contributed by atoms with E-state index < -0.39 is 10.0 Å². The van der Waals surface area contributed by atoms with E-state index in [1.165, 1.54) is 6.20 Å². The monoisotopic (exact) mass is 498 g/mol. The van der Waals surface area contributed by atoms with Crippen molar-refractivity contribution >= 4 is 49.2 Å². The lowest BCUT2D eigenvalue weighted by Crippen LogP contribution is -2.14. The molecule has 4 aromatic rings. The van der Waals surface area contributed by atoms with Gasteiger partial charge in [-0.3, -0.25) is 14.5 Å². The molecule has 0 aliphatic heterocycles. The summed E-state index contributed by atoms with van der Waals surface area (Å²) in [5.41, 5.74) is 0.792. The Morgan fingerprint density at radius 1 is 0.903 bits per heavy atom. The lowest BCUT2D eigenvalue weighted by atomic mass is 10.1. The van der Waals surface area contributed by atoms with Gasteiger partial charge in [0, 0.05) is 17.4 Å². The fourth-order valence-corrected chi connectivity index (χ4v) is 4.03. The minimum absolute atomic E-state index is 0. The third kappa shape index (κ3) is 5.48. The van der Waals surface area contributed by atoms with Crippen molar-refractivity contribution in [2.75, 3.05) is 11.3 Å². The highest BCUT2D eigenvalue weighted by Crippen LogP contribution is 2.22. The minimum atomic E-state index is -3.75. The van der Waals surface area contributed by atoms with Crippen molar-refractivity contribution in [2.24, 2.45) is 0 Å². The van der Waals surface area contributed by atoms with Crippen LogP contribution in [0.3, 0.4) is 0 Å². The van der Waals surface area contributed by atoms with Gasteiger partial charge in [0.15, 0.2) is 12.4 Å². The second kappa shape index (κ2) is 9.72. The van der Waals surface area contributed by atoms with Crippen LogP contribution in [0.2, 0.25) is 0 Å². The number of carbonyl (C=O) groups excluding carboxylic acids is 1. The highest BCUT2D eigenvalue weighted by atomic mass is 79.9. The third-order valence-electron chi connectivity index (χ3n) is 4.49. The molecular weight excluding hydrogens is 480 g/mol. The number of benzene rings is 3. The van der Waals surface area contributed by atoms with E-state index in [1.807, 2.05) is 24.3 Å². The molecule has 6 nitrogen and oxygen atoms in total. The number of halogens is 1. The molecule has 0 spiro atoms. The van der Waals surface area contributed by atoms with Gasteiger partial charge in [-0.05, 0) is 59.3 Å². The van der Waals surface area contributed by atoms with E-state index in [9.17, 15) is 13.2 Å². The summed E-state index contributed by atoms with van der Waals surface area (Å²) in [4.78, 5) is 16.4. The molecule has 0 amide bonds. The van der Waals surface area contributed by atoms with Crippen molar-refractivity contribution in [1.82, 2.24) is 4.98 Å². The summed E-state index contributed by atoms with van der Waals surface area (Å²) in [5.74, 6) is 0.286. The van der Waals surface area contributed by atoms with Gasteiger partial charge in [0.25, 0.3) is 10.0 Å². The van der Waals surface area contributed by atoms with Crippen LogP contribution in [-0.2, 0) is 10.0 Å². The number of hydrogen-bond donors (Lipinski definition) is 1. The molecule has 0 saturated heterocycles. The molecule has 0 aliphatic carbocycles. The van der Waals surface area contributed by atoms with Crippen LogP contribution in [0.4, 0.5) is 5.69 Å². The SMILES string of the molecule is Br.O=C(COc1cccnc1)c1ccc(NS(=O)(=O)c2ccc3ccccc3c2)cc1. The predicted molar refractivity (Wildman–Crippen MR) is 126 cm³/mol. The van der Waals surface area contributed by atoms with E-state index in [2.05, 4.69) is 9.71 Å². The van der Waals surface area contributed by atoms with Crippen LogP contribution in [-0.4, -0.2) is 25.8 Å². The Kier molecular flexibility index (Phi) is 7.04. The number of ether oxygens (including phenoxy) is 1. The summed E-state index contributed by atoms with van der Waals surface area (Å²) >= 11 is 0. The number of anilines is 1. The Morgan fingerprint density at radius 2 is 1.65 bits per heavy atom. The number of Topliss-reactive ketones (excluding diaryl/α,β-unsaturated/α-hetero) is 1. The molecule has 0 aliphatic rings. The summed E-state index contributed by atoms with van der Waals surface area (Å²) in [5, 5.41) is 1.81. The topological polar surface area (TPSA) is 85.4 Å². The van der Waals surface area contributed by atoms with Gasteiger partial charge in [0.05, 0.1) is 11.1 Å². The standard InChI is InChI=1S/C23H18N2O4S.BrH/c26-23(16-29-21-6-3-13-24-15-21)18-7-10-20(11-8-18)25-30(27,28)22-12-9-17-4-1-2-5-19(17)14-22;/h1-15,25H,16H2;1H. The fourth-order valence-electron chi connectivity index (χ4n) is 2.94. The molecule has 0 saturated carbocycles. The number of fused-ring (bicyclic) bond motifs is 1. The summed E-state index contributed by atoms with van der Waals surface area (Å²) in [7, 11) is -3.75. The predicted octanol–water partition coefficient (Wildman–Crippen LogP) is 4.88. The van der Waals surface area contributed by atoms with Crippen molar-refractivity contribution in [1.29, 1.82) is 0 Å². The normalized spacial score (nSPS) is 10.8. The molecule has 4 rings (SSSR count). The zero-order valence-electron chi connectivity index (χ0n) is 16.3. The Hall–Kier alpha value is -3.23. The van der Waals surface area contributed by atoms with Gasteiger partial charge in [-0.25, -0.2) is 8.42 Å². The van der Waals surface area contributed by atoms with E-state index in [-0.39, 0.29) is 34.3 Å². The lowest BCUT2D eigenvalue weighted by Gasteiger charge is -2.10. The molecule has 1 aromatic heterocycles. The number of ketones is 1. The van der Waals surface area contributed by atoms with Gasteiger partial charge in [-0.2, -0.15) is 0 Å². The van der Waals surface area contributed by atoms with E-state index >= 15 is 0 Å². The molecule has 8 heteroatoms. The smallest absolute Gasteiger partial charge is 0.261 e. The Morgan fingerprint density at radius 3 is 2.35 bits per heavy atom. The molecular formula is C23H19BrN2O4S. The quantitative estimate of drug-likeness (QED) is 0.367. The number of nitrogens with one attached hydrogen (secondary N) is 1. The molecule has 1 heterocycles. The number of hydrogen-bond acceptors (Lipinski definition) is 5. The van der Waals surface area contributed by atoms with Crippen LogP contribution >= 0.6 is 17.0 Å². The molecule has 158 valence electrons. The van der Waals surface area contributed by atoms with Gasteiger partial charge in [0.1, 0.15) is 5.75 Å². The molecule has 3 aromatic carbocycles. The van der Waals surface area contributed by atoms with Crippen molar-refractivity contribution in [3.05, 3.63) is 96.8 Å². The Balaban J connectivity index is 0.00000272. The largest absolute Gasteiger partial charge is 0.484 e. The first-order chi connectivity index (χ1) is 14.5. The second-order valence-electron chi connectivity index (χ2n) is 6.59. The second-order valence-corrected chi connectivity index (χ2v) is 8.27. The maximum absolute atomic E-state index is 12.7. The average Bonchev–Trinajstić information content (AvgIpc) is 2.78. The van der Waals surface area contributed by atoms with Gasteiger partial charge < -0.3 is 4.74 Å². The van der Waals surface area contributed by atoms with E-state index in [0.29, 0.717) is 17.0 Å². The molecule has 0 fully saturated rings. The van der Waals surface area contributed by atoms with Crippen molar-refractivity contribution < 1.29 is 17.9 Å². The lowest BCUT2D eigenvalue weighted by molar-refractivity contribution is 0.0921. The first-order valence-electron chi connectivity index (χ1n) is 9.19. The van der Waals surface area contributed by atoms with Gasteiger partial charge in [-0.1, -0.05) is 30.3 Å². The number of nitrogens with zero attached hydrogens (tertiary/aromatic N) is 1. The number of sulfonamides is 1. The summed E-state index contributed by atoms with van der Waals surface area (Å²) in [6.45, 7) is -0.131. The van der Waals surface area contributed by atoms with Crippen molar-refractivity contribution in [3.8, 4) is 5.75 Å². The average molecular weight is 499 g/mol. The fraction of sp³-hybridized carbons (Fsp3) is 0.0435. The maximum Gasteiger partial charge on any atom is 0.261 e. The number of carbonyl (C=O) groups is 1. The first-order valence-corrected chi connectivity index (χ1v) is 10.7. The summed E-state index contributed by atoms with van der Waals surface area (Å²) in [6, 6.07) is 22.2. The van der Waals surface area contributed by atoms with Gasteiger partial charge >= 0.3 is 0 Å². The van der Waals surface area contributed by atoms with Crippen molar-refractivity contribution in [3.63, 3.8) is 0 Å². The number of rotatable bonds is 7. The molecule has 0 bridgehead atoms. The maximum atomic E-state index is 12.7. The molecule has 0 unspecified atom stereocenters. The van der Waals surface area contributed by atoms with Crippen LogP contribution in [0.25, 0.3) is 10.8 Å². The van der Waals surface area contributed by atoms with Gasteiger partial charge in [-0.15, -0.1) is 17.0 Å². The van der Waals surface area contributed by atoms with Crippen LogP contribution in [0.15, 0.2) is 96.2 Å². The number of pyridine rings is 1. The molecule has 31 heavy (non-hydrogen) atoms. The highest BCUT2D eigenvalue weighted by molar-refractivity contribution is 8.93. The Labute approximate surface area is 190 Å². The van der Waals surface area contributed by atoms with Crippen molar-refractivity contribution in [2.45, 2.75) is 4.90 Å². The zero-order chi connectivity index (χ0) is 21.0. The third-order valence-corrected chi connectivity index (χ3v) is 5.87. The molecule has 0 radical (unpaired) electrons. The van der Waals surface area contributed by atoms with Crippen LogP contribution < -0.4 is 9.46 Å². The molecule has 1 N–H and O–H groups in total. The molecule has 0 atom stereocenters. The van der Waals surface area contributed by atoms with E-state index in [0.717, 1.165) is 10.8 Å².